The van der Waals surface area contributed by atoms with E-state index in [4.69, 9.17) is 4.74 Å². The van der Waals surface area contributed by atoms with E-state index in [1.54, 1.807) is 6.92 Å². The molecule has 0 aliphatic heterocycles. The summed E-state index contributed by atoms with van der Waals surface area (Å²) in [5, 5.41) is 0. The molecule has 16 heavy (non-hydrogen) atoms. The third-order valence-corrected chi connectivity index (χ3v) is 1.83. The summed E-state index contributed by atoms with van der Waals surface area (Å²) < 4.78 is 23.1. The predicted molar refractivity (Wildman–Crippen MR) is 58.0 cm³/mol. The average Bonchev–Trinajstić information content (AvgIpc) is 2.25. The number of halogens is 1. The monoisotopic (exact) mass is 224 g/mol. The quantitative estimate of drug-likeness (QED) is 0.582. The summed E-state index contributed by atoms with van der Waals surface area (Å²) in [6.07, 6.45) is 0. The highest BCUT2D eigenvalue weighted by Gasteiger charge is 2.12. The van der Waals surface area contributed by atoms with E-state index in [9.17, 15) is 9.18 Å². The zero-order valence-corrected chi connectivity index (χ0v) is 9.25. The van der Waals surface area contributed by atoms with Crippen molar-refractivity contribution in [3.05, 3.63) is 41.7 Å². The normalized spacial score (nSPS) is 9.69. The molecule has 0 heterocycles. The van der Waals surface area contributed by atoms with Gasteiger partial charge < -0.3 is 9.47 Å². The number of carbonyl (C=O) groups is 1. The number of hydrogen-bond acceptors (Lipinski definition) is 3. The van der Waals surface area contributed by atoms with Crippen molar-refractivity contribution in [2.24, 2.45) is 0 Å². The highest BCUT2D eigenvalue weighted by Crippen LogP contribution is 2.17. The van der Waals surface area contributed by atoms with Crippen LogP contribution in [0.5, 0.6) is 5.75 Å². The lowest BCUT2D eigenvalue weighted by molar-refractivity contribution is 0.0595. The van der Waals surface area contributed by atoms with Gasteiger partial charge in [-0.15, -0.1) is 0 Å². The second-order valence-electron chi connectivity index (χ2n) is 3.38. The first kappa shape index (κ1) is 12.2. The Labute approximate surface area is 93.5 Å². The van der Waals surface area contributed by atoms with E-state index >= 15 is 0 Å². The van der Waals surface area contributed by atoms with Crippen LogP contribution in [0.15, 0.2) is 30.4 Å². The minimum atomic E-state index is -0.705. The van der Waals surface area contributed by atoms with Gasteiger partial charge in [0.25, 0.3) is 0 Å². The second kappa shape index (κ2) is 5.30. The highest BCUT2D eigenvalue weighted by molar-refractivity contribution is 5.89. The third kappa shape index (κ3) is 3.08. The number of carbonyl (C=O) groups excluding carboxylic acids is 1. The molecular formula is C12H13FO3. The summed E-state index contributed by atoms with van der Waals surface area (Å²) >= 11 is 0. The molecule has 0 unspecified atom stereocenters. The lowest BCUT2D eigenvalue weighted by atomic mass is 10.2. The van der Waals surface area contributed by atoms with Gasteiger partial charge in [-0.1, -0.05) is 6.58 Å². The molecule has 0 aliphatic carbocycles. The van der Waals surface area contributed by atoms with Crippen molar-refractivity contribution < 1.29 is 18.7 Å². The van der Waals surface area contributed by atoms with Crippen molar-refractivity contribution in [1.29, 1.82) is 0 Å². The van der Waals surface area contributed by atoms with Gasteiger partial charge in [0.15, 0.2) is 0 Å². The van der Waals surface area contributed by atoms with E-state index in [1.807, 2.05) is 0 Å². The first-order chi connectivity index (χ1) is 7.54. The predicted octanol–water partition coefficient (Wildman–Crippen LogP) is 2.57. The number of methoxy groups -OCH3 is 1. The first-order valence-corrected chi connectivity index (χ1v) is 4.69. The van der Waals surface area contributed by atoms with E-state index < -0.39 is 11.8 Å². The Bertz CT molecular complexity index is 413. The summed E-state index contributed by atoms with van der Waals surface area (Å²) in [4.78, 5) is 11.1. The Morgan fingerprint density at radius 1 is 1.50 bits per heavy atom. The van der Waals surface area contributed by atoms with Gasteiger partial charge >= 0.3 is 5.97 Å². The van der Waals surface area contributed by atoms with E-state index in [0.29, 0.717) is 12.4 Å². The second-order valence-corrected chi connectivity index (χ2v) is 3.38. The Morgan fingerprint density at radius 2 is 2.19 bits per heavy atom. The molecule has 0 N–H and O–H groups in total. The van der Waals surface area contributed by atoms with E-state index in [0.717, 1.165) is 11.6 Å². The van der Waals surface area contributed by atoms with Crippen LogP contribution in [0.25, 0.3) is 0 Å². The van der Waals surface area contributed by atoms with Gasteiger partial charge in [-0.2, -0.15) is 0 Å². The Balaban J connectivity index is 2.82. The summed E-state index contributed by atoms with van der Waals surface area (Å²) in [6.45, 7) is 5.78. The topological polar surface area (TPSA) is 35.5 Å². The molecule has 0 saturated heterocycles. The van der Waals surface area contributed by atoms with Crippen molar-refractivity contribution >= 4 is 5.97 Å². The van der Waals surface area contributed by atoms with Crippen LogP contribution in [-0.4, -0.2) is 19.7 Å². The largest absolute Gasteiger partial charge is 0.489 e. The van der Waals surface area contributed by atoms with E-state index in [1.165, 1.54) is 19.2 Å². The van der Waals surface area contributed by atoms with E-state index in [-0.39, 0.29) is 5.56 Å². The standard InChI is InChI=1S/C12H13FO3/c1-8(2)7-16-9-4-5-10(11(13)6-9)12(14)15-3/h4-6H,1,7H2,2-3H3. The van der Waals surface area contributed by atoms with Crippen LogP contribution >= 0.6 is 0 Å². The van der Waals surface area contributed by atoms with Gasteiger partial charge in [0, 0.05) is 6.07 Å². The van der Waals surface area contributed by atoms with Crippen LogP contribution in [0.3, 0.4) is 0 Å². The molecule has 0 aliphatic rings. The molecule has 1 rings (SSSR count). The molecule has 4 heteroatoms. The molecule has 0 fully saturated rings. The number of esters is 1. The van der Waals surface area contributed by atoms with Gasteiger partial charge in [-0.05, 0) is 24.6 Å². The van der Waals surface area contributed by atoms with Gasteiger partial charge in [-0.25, -0.2) is 9.18 Å². The van der Waals surface area contributed by atoms with Crippen LogP contribution in [0, 0.1) is 5.82 Å². The maximum Gasteiger partial charge on any atom is 0.340 e. The first-order valence-electron chi connectivity index (χ1n) is 4.69. The van der Waals surface area contributed by atoms with Crippen LogP contribution in [0.2, 0.25) is 0 Å². The van der Waals surface area contributed by atoms with Crippen molar-refractivity contribution in [2.75, 3.05) is 13.7 Å². The molecule has 3 nitrogen and oxygen atoms in total. The fourth-order valence-corrected chi connectivity index (χ4v) is 1.07. The van der Waals surface area contributed by atoms with Gasteiger partial charge in [0.1, 0.15) is 18.2 Å². The smallest absolute Gasteiger partial charge is 0.340 e. The van der Waals surface area contributed by atoms with Gasteiger partial charge in [0.2, 0.25) is 0 Å². The summed E-state index contributed by atoms with van der Waals surface area (Å²) in [5.41, 5.74) is 0.725. The average molecular weight is 224 g/mol. The number of hydrogen-bond donors (Lipinski definition) is 0. The minimum absolute atomic E-state index is 0.106. The highest BCUT2D eigenvalue weighted by atomic mass is 19.1. The molecule has 0 saturated carbocycles. The summed E-state index contributed by atoms with van der Waals surface area (Å²) in [6, 6.07) is 3.99. The number of rotatable bonds is 4. The van der Waals surface area contributed by atoms with Crippen molar-refractivity contribution in [1.82, 2.24) is 0 Å². The van der Waals surface area contributed by atoms with Crippen LogP contribution in [0.4, 0.5) is 4.39 Å². The Kier molecular flexibility index (Phi) is 4.05. The molecule has 0 bridgehead atoms. The molecule has 1 aromatic carbocycles. The SMILES string of the molecule is C=C(C)COc1ccc(C(=O)OC)c(F)c1. The summed E-state index contributed by atoms with van der Waals surface area (Å²) in [5.74, 6) is -1.01. The molecule has 0 aromatic heterocycles. The Hall–Kier alpha value is -1.84. The maximum absolute atomic E-state index is 13.4. The van der Waals surface area contributed by atoms with Crippen LogP contribution < -0.4 is 4.74 Å². The lowest BCUT2D eigenvalue weighted by Crippen LogP contribution is -2.05. The molecule has 0 radical (unpaired) electrons. The van der Waals surface area contributed by atoms with Gasteiger partial charge in [0.05, 0.1) is 12.7 Å². The lowest BCUT2D eigenvalue weighted by Gasteiger charge is -2.07. The zero-order valence-electron chi connectivity index (χ0n) is 9.25. The molecule has 0 amide bonds. The molecule has 0 spiro atoms. The number of ether oxygens (including phenoxy) is 2. The summed E-state index contributed by atoms with van der Waals surface area (Å²) in [7, 11) is 1.20. The van der Waals surface area contributed by atoms with Crippen LogP contribution in [0.1, 0.15) is 17.3 Å². The maximum atomic E-state index is 13.4. The fraction of sp³-hybridized carbons (Fsp3) is 0.250. The molecule has 1 aromatic rings. The number of benzene rings is 1. The van der Waals surface area contributed by atoms with Gasteiger partial charge in [-0.3, -0.25) is 0 Å². The van der Waals surface area contributed by atoms with Crippen molar-refractivity contribution in [3.8, 4) is 5.75 Å². The van der Waals surface area contributed by atoms with Crippen molar-refractivity contribution in [2.45, 2.75) is 6.92 Å². The minimum Gasteiger partial charge on any atom is -0.489 e. The van der Waals surface area contributed by atoms with Crippen LogP contribution in [-0.2, 0) is 4.74 Å². The molecule has 0 atom stereocenters. The third-order valence-electron chi connectivity index (χ3n) is 1.83. The van der Waals surface area contributed by atoms with E-state index in [2.05, 4.69) is 11.3 Å². The molecular weight excluding hydrogens is 211 g/mol. The molecule has 86 valence electrons. The van der Waals surface area contributed by atoms with Crippen molar-refractivity contribution in [3.63, 3.8) is 0 Å². The Morgan fingerprint density at radius 3 is 2.69 bits per heavy atom. The zero-order chi connectivity index (χ0) is 12.1. The fourth-order valence-electron chi connectivity index (χ4n) is 1.07.